The van der Waals surface area contributed by atoms with Crippen molar-refractivity contribution in [3.63, 3.8) is 0 Å². The zero-order valence-electron chi connectivity index (χ0n) is 16.2. The monoisotopic (exact) mass is 421 g/mol. The maximum Gasteiger partial charge on any atom is 0.341 e. The topological polar surface area (TPSA) is 107 Å². The molecule has 2 aromatic rings. The predicted molar refractivity (Wildman–Crippen MR) is 104 cm³/mol. The zero-order chi connectivity index (χ0) is 21.4. The Hall–Kier alpha value is -2.72. The minimum absolute atomic E-state index is 0.0209. The molecule has 0 bridgehead atoms. The molecule has 10 heteroatoms. The van der Waals surface area contributed by atoms with E-state index in [1.807, 2.05) is 0 Å². The number of rotatable bonds is 4. The Morgan fingerprint density at radius 1 is 1.47 bits per heavy atom. The lowest BCUT2D eigenvalue weighted by Crippen LogP contribution is -2.47. The first-order valence-corrected chi connectivity index (χ1v) is 9.69. The van der Waals surface area contributed by atoms with E-state index in [1.165, 1.54) is 11.7 Å². The number of methoxy groups -OCH3 is 1. The molecule has 3 N–H and O–H groups in total. The van der Waals surface area contributed by atoms with Gasteiger partial charge in [0.1, 0.15) is 17.4 Å². The van der Waals surface area contributed by atoms with Crippen LogP contribution in [-0.2, 0) is 4.74 Å². The second kappa shape index (κ2) is 6.39. The molecule has 8 nitrogen and oxygen atoms in total. The van der Waals surface area contributed by atoms with E-state index in [2.05, 4.69) is 0 Å². The van der Waals surface area contributed by atoms with Gasteiger partial charge in [-0.3, -0.25) is 4.79 Å². The fraction of sp³-hybridized carbons (Fsp3) is 0.500. The Bertz CT molecular complexity index is 1140. The molecule has 3 fully saturated rings. The normalized spacial score (nSPS) is 30.0. The molecule has 0 spiro atoms. The van der Waals surface area contributed by atoms with Crippen molar-refractivity contribution in [3.8, 4) is 5.75 Å². The van der Waals surface area contributed by atoms with Gasteiger partial charge in [-0.25, -0.2) is 13.6 Å². The van der Waals surface area contributed by atoms with E-state index in [1.54, 1.807) is 4.90 Å². The maximum absolute atomic E-state index is 15.3. The van der Waals surface area contributed by atoms with E-state index in [-0.39, 0.29) is 34.7 Å². The number of pyridine rings is 1. The summed E-state index contributed by atoms with van der Waals surface area (Å²) in [4.78, 5) is 26.1. The Labute approximate surface area is 169 Å². The van der Waals surface area contributed by atoms with Crippen LogP contribution in [0.2, 0.25) is 0 Å². The van der Waals surface area contributed by atoms with Gasteiger partial charge in [-0.1, -0.05) is 0 Å². The zero-order valence-corrected chi connectivity index (χ0v) is 16.2. The highest BCUT2D eigenvalue weighted by molar-refractivity contribution is 5.97. The van der Waals surface area contributed by atoms with Crippen LogP contribution in [0.5, 0.6) is 5.75 Å². The third-order valence-electron chi connectivity index (χ3n) is 6.42. The van der Waals surface area contributed by atoms with E-state index in [9.17, 15) is 19.1 Å². The number of nitrogens with zero attached hydrogens (tertiary/aromatic N) is 2. The van der Waals surface area contributed by atoms with Crippen molar-refractivity contribution < 1.29 is 28.2 Å². The van der Waals surface area contributed by atoms with Gasteiger partial charge in [-0.05, 0) is 6.07 Å². The summed E-state index contributed by atoms with van der Waals surface area (Å²) in [5.41, 5.74) is 4.77. The van der Waals surface area contributed by atoms with Crippen LogP contribution < -0.4 is 20.8 Å². The molecular weight excluding hydrogens is 400 g/mol. The van der Waals surface area contributed by atoms with Gasteiger partial charge >= 0.3 is 5.97 Å². The van der Waals surface area contributed by atoms with Gasteiger partial charge in [-0.2, -0.15) is 0 Å². The van der Waals surface area contributed by atoms with Crippen LogP contribution in [0.1, 0.15) is 22.8 Å². The average Bonchev–Trinajstić information content (AvgIpc) is 3.16. The minimum Gasteiger partial charge on any atom is -0.492 e. The van der Waals surface area contributed by atoms with Crippen LogP contribution in [0.25, 0.3) is 10.9 Å². The van der Waals surface area contributed by atoms with E-state index in [0.717, 1.165) is 12.3 Å². The summed E-state index contributed by atoms with van der Waals surface area (Å²) in [5.74, 6) is -2.08. The summed E-state index contributed by atoms with van der Waals surface area (Å²) in [7, 11) is 1.34. The molecule has 1 saturated carbocycles. The largest absolute Gasteiger partial charge is 0.492 e. The molecule has 1 aromatic heterocycles. The standard InChI is InChI=1S/C20H21F2N3O5/c1-29-18-15-10(17(26)11(19(27)28)5-25(15)14-3-12(14)21)2-13(22)16(18)24-4-9-6-30-8-20(9,23)7-24/h2,5,9,12,14H,3-4,6-8,23H2,1H3,(H,27,28)/t9-,12-,14+,20-/m0/s1. The lowest BCUT2D eigenvalue weighted by atomic mass is 9.92. The molecule has 2 aliphatic heterocycles. The van der Waals surface area contributed by atoms with Crippen molar-refractivity contribution in [1.82, 2.24) is 4.57 Å². The number of carbonyl (C=O) groups is 1. The summed E-state index contributed by atoms with van der Waals surface area (Å²) in [6.45, 7) is 1.62. The van der Waals surface area contributed by atoms with Crippen LogP contribution in [0.15, 0.2) is 17.1 Å². The maximum atomic E-state index is 15.3. The number of anilines is 1. The first kappa shape index (κ1) is 19.3. The number of carboxylic acids is 1. The van der Waals surface area contributed by atoms with E-state index in [4.69, 9.17) is 15.2 Å². The smallest absolute Gasteiger partial charge is 0.341 e. The number of halogens is 2. The van der Waals surface area contributed by atoms with Crippen molar-refractivity contribution in [3.05, 3.63) is 33.9 Å². The molecule has 160 valence electrons. The van der Waals surface area contributed by atoms with Crippen molar-refractivity contribution in [2.45, 2.75) is 24.2 Å². The molecule has 0 unspecified atom stereocenters. The molecule has 0 radical (unpaired) electrons. The average molecular weight is 421 g/mol. The molecule has 3 aliphatic rings. The van der Waals surface area contributed by atoms with Crippen molar-refractivity contribution >= 4 is 22.6 Å². The Balaban J connectivity index is 1.76. The summed E-state index contributed by atoms with van der Waals surface area (Å²) in [6, 6.07) is 0.382. The molecule has 1 aliphatic carbocycles. The lowest BCUT2D eigenvalue weighted by Gasteiger charge is -2.26. The van der Waals surface area contributed by atoms with Crippen LogP contribution in [-0.4, -0.2) is 60.8 Å². The van der Waals surface area contributed by atoms with Crippen LogP contribution >= 0.6 is 0 Å². The second-order valence-corrected chi connectivity index (χ2v) is 8.37. The molecule has 30 heavy (non-hydrogen) atoms. The number of aromatic carboxylic acids is 1. The van der Waals surface area contributed by atoms with Crippen molar-refractivity contribution in [2.24, 2.45) is 11.7 Å². The molecule has 3 heterocycles. The fourth-order valence-corrected chi connectivity index (χ4v) is 4.73. The molecular formula is C20H21F2N3O5. The summed E-state index contributed by atoms with van der Waals surface area (Å²) >= 11 is 0. The number of nitrogens with two attached hydrogens (primary N) is 1. The van der Waals surface area contributed by atoms with Gasteiger partial charge in [0.15, 0.2) is 11.6 Å². The van der Waals surface area contributed by atoms with Crippen molar-refractivity contribution in [1.29, 1.82) is 0 Å². The van der Waals surface area contributed by atoms with Gasteiger partial charge < -0.3 is 29.8 Å². The SMILES string of the molecule is COc1c(N2C[C@H]3COC[C@@]3(N)C2)c(F)cc2c(=O)c(C(=O)O)cn([C@@H]3C[C@@H]3F)c12. The first-order chi connectivity index (χ1) is 14.2. The lowest BCUT2D eigenvalue weighted by molar-refractivity contribution is 0.0694. The number of alkyl halides is 1. The van der Waals surface area contributed by atoms with E-state index < -0.39 is 40.5 Å². The number of ether oxygens (including phenoxy) is 2. The number of aromatic nitrogens is 1. The Morgan fingerprint density at radius 2 is 2.20 bits per heavy atom. The fourth-order valence-electron chi connectivity index (χ4n) is 4.73. The number of benzene rings is 1. The number of fused-ring (bicyclic) bond motifs is 2. The van der Waals surface area contributed by atoms with E-state index >= 15 is 4.39 Å². The van der Waals surface area contributed by atoms with Crippen LogP contribution in [0.3, 0.4) is 0 Å². The van der Waals surface area contributed by atoms with Crippen molar-refractivity contribution in [2.75, 3.05) is 38.3 Å². The Kier molecular flexibility index (Phi) is 4.10. The molecule has 2 saturated heterocycles. The number of hydrogen-bond acceptors (Lipinski definition) is 6. The van der Waals surface area contributed by atoms with Crippen LogP contribution in [0, 0.1) is 11.7 Å². The third kappa shape index (κ3) is 2.63. The summed E-state index contributed by atoms with van der Waals surface area (Å²) in [5, 5.41) is 9.24. The quantitative estimate of drug-likeness (QED) is 0.766. The molecule has 5 rings (SSSR count). The number of carboxylic acid groups (broad SMARTS) is 1. The minimum atomic E-state index is -1.45. The summed E-state index contributed by atoms with van der Waals surface area (Å²) in [6.07, 6.45) is 0.131. The van der Waals surface area contributed by atoms with E-state index in [0.29, 0.717) is 26.3 Å². The Morgan fingerprint density at radius 3 is 2.80 bits per heavy atom. The van der Waals surface area contributed by atoms with Gasteiger partial charge in [0.25, 0.3) is 0 Å². The highest BCUT2D eigenvalue weighted by Crippen LogP contribution is 2.47. The summed E-state index contributed by atoms with van der Waals surface area (Å²) < 4.78 is 41.6. The number of hydrogen-bond donors (Lipinski definition) is 2. The second-order valence-electron chi connectivity index (χ2n) is 8.37. The molecule has 4 atom stereocenters. The highest BCUT2D eigenvalue weighted by Gasteiger charge is 2.49. The predicted octanol–water partition coefficient (Wildman–Crippen LogP) is 1.29. The van der Waals surface area contributed by atoms with Gasteiger partial charge in [0, 0.05) is 31.6 Å². The van der Waals surface area contributed by atoms with Gasteiger partial charge in [-0.15, -0.1) is 0 Å². The van der Waals surface area contributed by atoms with Crippen LogP contribution in [0.4, 0.5) is 14.5 Å². The third-order valence-corrected chi connectivity index (χ3v) is 6.42. The first-order valence-electron chi connectivity index (χ1n) is 9.69. The molecule has 0 amide bonds. The molecule has 1 aromatic carbocycles. The van der Waals surface area contributed by atoms with Gasteiger partial charge in [0.2, 0.25) is 5.43 Å². The van der Waals surface area contributed by atoms with Gasteiger partial charge in [0.05, 0.1) is 42.8 Å². The highest BCUT2D eigenvalue weighted by atomic mass is 19.1.